The van der Waals surface area contributed by atoms with Gasteiger partial charge >= 0.3 is 5.97 Å². The van der Waals surface area contributed by atoms with E-state index in [1.165, 1.54) is 0 Å². The molecule has 0 aromatic heterocycles. The standard InChI is InChI=1S/C14H16BrNO3/c1-9-4-5-11(15)7-12(9)13(17)16-6-2-3-10(8-16)14(18)19/h4-5,7,10H,2-3,6,8H2,1H3,(H,18,19)/t10-/m0/s1. The van der Waals surface area contributed by atoms with E-state index in [-0.39, 0.29) is 5.91 Å². The average Bonchev–Trinajstić information content (AvgIpc) is 2.41. The van der Waals surface area contributed by atoms with Crippen molar-refractivity contribution in [1.82, 2.24) is 4.90 Å². The van der Waals surface area contributed by atoms with Crippen LogP contribution in [0.2, 0.25) is 0 Å². The second kappa shape index (κ2) is 5.74. The number of carboxylic acids is 1. The third-order valence-electron chi connectivity index (χ3n) is 3.49. The van der Waals surface area contributed by atoms with Crippen LogP contribution in [0.1, 0.15) is 28.8 Å². The number of nitrogens with zero attached hydrogens (tertiary/aromatic N) is 1. The molecule has 1 fully saturated rings. The van der Waals surface area contributed by atoms with Crippen LogP contribution in [0.5, 0.6) is 0 Å². The Hall–Kier alpha value is -1.36. The largest absolute Gasteiger partial charge is 0.481 e. The minimum absolute atomic E-state index is 0.0789. The number of likely N-dealkylation sites (tertiary alicyclic amines) is 1. The summed E-state index contributed by atoms with van der Waals surface area (Å²) < 4.78 is 0.855. The highest BCUT2D eigenvalue weighted by atomic mass is 79.9. The van der Waals surface area contributed by atoms with E-state index in [1.54, 1.807) is 11.0 Å². The summed E-state index contributed by atoms with van der Waals surface area (Å²) in [5, 5.41) is 9.06. The maximum Gasteiger partial charge on any atom is 0.308 e. The number of carbonyl (C=O) groups excluding carboxylic acids is 1. The number of carboxylic acid groups (broad SMARTS) is 1. The van der Waals surface area contributed by atoms with Crippen LogP contribution in [0.15, 0.2) is 22.7 Å². The van der Waals surface area contributed by atoms with Crippen molar-refractivity contribution >= 4 is 27.8 Å². The topological polar surface area (TPSA) is 57.6 Å². The lowest BCUT2D eigenvalue weighted by molar-refractivity contribution is -0.143. The first-order chi connectivity index (χ1) is 8.99. The third-order valence-corrected chi connectivity index (χ3v) is 3.98. The molecule has 0 saturated carbocycles. The van der Waals surface area contributed by atoms with Crippen molar-refractivity contribution in [2.45, 2.75) is 19.8 Å². The number of aliphatic carboxylic acids is 1. The fourth-order valence-electron chi connectivity index (χ4n) is 2.36. The second-order valence-electron chi connectivity index (χ2n) is 4.89. The van der Waals surface area contributed by atoms with Gasteiger partial charge in [-0.25, -0.2) is 0 Å². The van der Waals surface area contributed by atoms with Crippen molar-refractivity contribution in [3.63, 3.8) is 0 Å². The molecule has 1 aromatic carbocycles. The summed E-state index contributed by atoms with van der Waals surface area (Å²) in [4.78, 5) is 25.1. The Morgan fingerprint density at radius 2 is 2.16 bits per heavy atom. The van der Waals surface area contributed by atoms with Gasteiger partial charge in [-0.15, -0.1) is 0 Å². The first kappa shape index (κ1) is 14.1. The normalized spacial score (nSPS) is 19.3. The van der Waals surface area contributed by atoms with Gasteiger partial charge < -0.3 is 10.0 Å². The monoisotopic (exact) mass is 325 g/mol. The van der Waals surface area contributed by atoms with E-state index in [4.69, 9.17) is 5.11 Å². The van der Waals surface area contributed by atoms with Crippen LogP contribution >= 0.6 is 15.9 Å². The first-order valence-electron chi connectivity index (χ1n) is 6.27. The zero-order chi connectivity index (χ0) is 14.0. The molecular weight excluding hydrogens is 310 g/mol. The molecule has 0 aliphatic carbocycles. The highest BCUT2D eigenvalue weighted by molar-refractivity contribution is 9.10. The number of aryl methyl sites for hydroxylation is 1. The SMILES string of the molecule is Cc1ccc(Br)cc1C(=O)N1CCC[C@H](C(=O)O)C1. The van der Waals surface area contributed by atoms with E-state index < -0.39 is 11.9 Å². The number of carbonyl (C=O) groups is 2. The van der Waals surface area contributed by atoms with Crippen molar-refractivity contribution in [3.8, 4) is 0 Å². The molecule has 0 unspecified atom stereocenters. The van der Waals surface area contributed by atoms with Gasteiger partial charge in [0.15, 0.2) is 0 Å². The zero-order valence-electron chi connectivity index (χ0n) is 10.7. The molecule has 2 rings (SSSR count). The van der Waals surface area contributed by atoms with Crippen LogP contribution in [0.3, 0.4) is 0 Å². The van der Waals surface area contributed by atoms with Gasteiger partial charge in [-0.3, -0.25) is 9.59 Å². The zero-order valence-corrected chi connectivity index (χ0v) is 12.3. The second-order valence-corrected chi connectivity index (χ2v) is 5.80. The van der Waals surface area contributed by atoms with Crippen LogP contribution in [-0.2, 0) is 4.79 Å². The van der Waals surface area contributed by atoms with Crippen molar-refractivity contribution in [1.29, 1.82) is 0 Å². The van der Waals surface area contributed by atoms with Gasteiger partial charge in [-0.2, -0.15) is 0 Å². The molecule has 1 heterocycles. The Balaban J connectivity index is 2.19. The fourth-order valence-corrected chi connectivity index (χ4v) is 2.72. The minimum Gasteiger partial charge on any atom is -0.481 e. The smallest absolute Gasteiger partial charge is 0.308 e. The molecule has 1 saturated heterocycles. The van der Waals surface area contributed by atoms with Crippen LogP contribution in [-0.4, -0.2) is 35.0 Å². The molecule has 1 amide bonds. The van der Waals surface area contributed by atoms with E-state index in [2.05, 4.69) is 15.9 Å². The van der Waals surface area contributed by atoms with Gasteiger partial charge in [0.1, 0.15) is 0 Å². The van der Waals surface area contributed by atoms with Gasteiger partial charge in [-0.1, -0.05) is 22.0 Å². The van der Waals surface area contributed by atoms with Gasteiger partial charge in [-0.05, 0) is 37.5 Å². The number of piperidine rings is 1. The lowest BCUT2D eigenvalue weighted by Gasteiger charge is -2.31. The van der Waals surface area contributed by atoms with Crippen LogP contribution in [0, 0.1) is 12.8 Å². The average molecular weight is 326 g/mol. The third kappa shape index (κ3) is 3.15. The molecule has 4 nitrogen and oxygen atoms in total. The van der Waals surface area contributed by atoms with E-state index >= 15 is 0 Å². The summed E-state index contributed by atoms with van der Waals surface area (Å²) in [6, 6.07) is 5.57. The van der Waals surface area contributed by atoms with Gasteiger partial charge in [0, 0.05) is 23.1 Å². The highest BCUT2D eigenvalue weighted by Gasteiger charge is 2.29. The van der Waals surface area contributed by atoms with Gasteiger partial charge in [0.25, 0.3) is 5.91 Å². The Labute approximate surface area is 120 Å². The minimum atomic E-state index is -0.816. The lowest BCUT2D eigenvalue weighted by atomic mass is 9.97. The molecule has 0 radical (unpaired) electrons. The summed E-state index contributed by atoms with van der Waals surface area (Å²) >= 11 is 3.36. The maximum atomic E-state index is 12.5. The molecule has 19 heavy (non-hydrogen) atoms. The molecule has 102 valence electrons. The predicted molar refractivity (Wildman–Crippen MR) is 75.1 cm³/mol. The van der Waals surface area contributed by atoms with E-state index in [0.717, 1.165) is 16.5 Å². The molecule has 1 atom stereocenters. The summed E-state index contributed by atoms with van der Waals surface area (Å²) in [5.41, 5.74) is 1.55. The molecule has 1 N–H and O–H groups in total. The number of hydrogen-bond donors (Lipinski definition) is 1. The van der Waals surface area contributed by atoms with Crippen molar-refractivity contribution in [2.24, 2.45) is 5.92 Å². The quantitative estimate of drug-likeness (QED) is 0.909. The van der Waals surface area contributed by atoms with Crippen molar-refractivity contribution in [2.75, 3.05) is 13.1 Å². The Morgan fingerprint density at radius 1 is 1.42 bits per heavy atom. The van der Waals surface area contributed by atoms with E-state index in [9.17, 15) is 9.59 Å². The van der Waals surface area contributed by atoms with E-state index in [0.29, 0.717) is 25.1 Å². The summed E-state index contributed by atoms with van der Waals surface area (Å²) in [6.07, 6.45) is 1.40. The Bertz CT molecular complexity index is 515. The molecular formula is C14H16BrNO3. The summed E-state index contributed by atoms with van der Waals surface area (Å²) in [5.74, 6) is -1.33. The number of amides is 1. The van der Waals surface area contributed by atoms with Crippen molar-refractivity contribution < 1.29 is 14.7 Å². The molecule has 1 aromatic rings. The number of rotatable bonds is 2. The van der Waals surface area contributed by atoms with Gasteiger partial charge in [0.05, 0.1) is 5.92 Å². The molecule has 0 bridgehead atoms. The van der Waals surface area contributed by atoms with Crippen molar-refractivity contribution in [3.05, 3.63) is 33.8 Å². The van der Waals surface area contributed by atoms with Crippen LogP contribution in [0.25, 0.3) is 0 Å². The highest BCUT2D eigenvalue weighted by Crippen LogP contribution is 2.22. The van der Waals surface area contributed by atoms with Crippen LogP contribution < -0.4 is 0 Å². The Kier molecular flexibility index (Phi) is 4.24. The molecule has 0 spiro atoms. The van der Waals surface area contributed by atoms with E-state index in [1.807, 2.05) is 19.1 Å². The molecule has 1 aliphatic heterocycles. The lowest BCUT2D eigenvalue weighted by Crippen LogP contribution is -2.42. The molecule has 1 aliphatic rings. The number of benzene rings is 1. The Morgan fingerprint density at radius 3 is 2.84 bits per heavy atom. The fraction of sp³-hybridized carbons (Fsp3) is 0.429. The van der Waals surface area contributed by atoms with Crippen LogP contribution in [0.4, 0.5) is 0 Å². The number of halogens is 1. The number of hydrogen-bond acceptors (Lipinski definition) is 2. The summed E-state index contributed by atoms with van der Waals surface area (Å²) in [7, 11) is 0. The van der Waals surface area contributed by atoms with Gasteiger partial charge in [0.2, 0.25) is 0 Å². The maximum absolute atomic E-state index is 12.5. The first-order valence-corrected chi connectivity index (χ1v) is 7.06. The summed E-state index contributed by atoms with van der Waals surface area (Å²) in [6.45, 7) is 2.83. The molecule has 5 heteroatoms. The predicted octanol–water partition coefficient (Wildman–Crippen LogP) is 2.69.